The maximum absolute atomic E-state index is 12.5. The smallest absolute Gasteiger partial charge is 0.276 e. The maximum atomic E-state index is 12.5. The predicted molar refractivity (Wildman–Crippen MR) is 70.9 cm³/mol. The normalized spacial score (nSPS) is 20.5. The van der Waals surface area contributed by atoms with Crippen molar-refractivity contribution in [2.45, 2.75) is 38.6 Å². The van der Waals surface area contributed by atoms with Crippen LogP contribution >= 0.6 is 0 Å². The molecule has 1 aromatic rings. The van der Waals surface area contributed by atoms with Crippen molar-refractivity contribution < 1.29 is 9.32 Å². The van der Waals surface area contributed by atoms with Gasteiger partial charge in [0.1, 0.15) is 5.76 Å². The Morgan fingerprint density at radius 1 is 1.42 bits per heavy atom. The number of hydrogen-bond donors (Lipinski definition) is 1. The fraction of sp³-hybridized carbons (Fsp3) is 0.714. The Bertz CT molecular complexity index is 447. The Kier molecular flexibility index (Phi) is 3.55. The van der Waals surface area contributed by atoms with Crippen molar-refractivity contribution in [1.29, 1.82) is 0 Å². The summed E-state index contributed by atoms with van der Waals surface area (Å²) < 4.78 is 5.02. The molecule has 0 radical (unpaired) electrons. The number of aryl methyl sites for hydroxylation is 1. The minimum absolute atomic E-state index is 0.0397. The number of nitrogens with one attached hydrogen (secondary N) is 1. The summed E-state index contributed by atoms with van der Waals surface area (Å²) >= 11 is 0. The number of carbonyl (C=O) groups is 1. The molecular formula is C14H21N3O2. The molecule has 1 saturated carbocycles. The lowest BCUT2D eigenvalue weighted by molar-refractivity contribution is 0.0691. The summed E-state index contributed by atoms with van der Waals surface area (Å²) in [7, 11) is 0. The molecule has 1 N–H and O–H groups in total. The van der Waals surface area contributed by atoms with Crippen LogP contribution in [-0.4, -0.2) is 41.6 Å². The van der Waals surface area contributed by atoms with Crippen LogP contribution in [0.15, 0.2) is 10.6 Å². The van der Waals surface area contributed by atoms with Gasteiger partial charge in [0.15, 0.2) is 5.69 Å². The van der Waals surface area contributed by atoms with Gasteiger partial charge in [-0.3, -0.25) is 4.79 Å². The Hall–Kier alpha value is -1.36. The van der Waals surface area contributed by atoms with Gasteiger partial charge in [-0.2, -0.15) is 0 Å². The fourth-order valence-corrected chi connectivity index (χ4v) is 2.74. The third kappa shape index (κ3) is 2.97. The van der Waals surface area contributed by atoms with Gasteiger partial charge in [0.25, 0.3) is 5.91 Å². The number of nitrogens with zero attached hydrogens (tertiary/aromatic N) is 2. The van der Waals surface area contributed by atoms with Gasteiger partial charge in [0, 0.05) is 18.7 Å². The molecule has 19 heavy (non-hydrogen) atoms. The summed E-state index contributed by atoms with van der Waals surface area (Å²) in [6.45, 7) is 4.83. The van der Waals surface area contributed by atoms with Crippen LogP contribution in [0.1, 0.15) is 41.9 Å². The molecule has 0 aromatic carbocycles. The second-order valence-corrected chi connectivity index (χ2v) is 5.70. The summed E-state index contributed by atoms with van der Waals surface area (Å²) in [5.74, 6) is 1.36. The predicted octanol–water partition coefficient (Wildman–Crippen LogP) is 1.59. The molecule has 0 atom stereocenters. The van der Waals surface area contributed by atoms with E-state index in [0.717, 1.165) is 45.3 Å². The second kappa shape index (κ2) is 5.33. The summed E-state index contributed by atoms with van der Waals surface area (Å²) in [5.41, 5.74) is 0.457. The zero-order chi connectivity index (χ0) is 13.2. The number of amides is 1. The number of piperidine rings is 1. The van der Waals surface area contributed by atoms with Gasteiger partial charge in [0.05, 0.1) is 0 Å². The van der Waals surface area contributed by atoms with E-state index in [2.05, 4.69) is 10.5 Å². The molecule has 5 heteroatoms. The highest BCUT2D eigenvalue weighted by molar-refractivity contribution is 5.92. The van der Waals surface area contributed by atoms with E-state index in [1.54, 1.807) is 6.07 Å². The van der Waals surface area contributed by atoms with Crippen molar-refractivity contribution in [2.75, 3.05) is 19.6 Å². The van der Waals surface area contributed by atoms with Gasteiger partial charge in [-0.25, -0.2) is 0 Å². The van der Waals surface area contributed by atoms with E-state index in [1.807, 2.05) is 11.8 Å². The zero-order valence-electron chi connectivity index (χ0n) is 11.4. The van der Waals surface area contributed by atoms with Crippen molar-refractivity contribution in [3.63, 3.8) is 0 Å². The average molecular weight is 263 g/mol. The molecule has 0 bridgehead atoms. The van der Waals surface area contributed by atoms with Crippen LogP contribution in [0, 0.1) is 12.8 Å². The minimum atomic E-state index is 0.0397. The van der Waals surface area contributed by atoms with Gasteiger partial charge in [0.2, 0.25) is 0 Å². The first-order valence-corrected chi connectivity index (χ1v) is 7.19. The molecule has 104 valence electrons. The van der Waals surface area contributed by atoms with E-state index in [-0.39, 0.29) is 5.91 Å². The maximum Gasteiger partial charge on any atom is 0.276 e. The first-order chi connectivity index (χ1) is 9.24. The molecule has 1 saturated heterocycles. The van der Waals surface area contributed by atoms with Gasteiger partial charge < -0.3 is 14.7 Å². The molecule has 2 aliphatic rings. The largest absolute Gasteiger partial charge is 0.361 e. The second-order valence-electron chi connectivity index (χ2n) is 5.70. The van der Waals surface area contributed by atoms with Crippen LogP contribution < -0.4 is 5.32 Å². The monoisotopic (exact) mass is 263 g/mol. The molecule has 1 aliphatic heterocycles. The molecule has 1 aromatic heterocycles. The number of hydrogen-bond acceptors (Lipinski definition) is 4. The molecule has 2 heterocycles. The number of aromatic nitrogens is 1. The van der Waals surface area contributed by atoms with Gasteiger partial charge >= 0.3 is 0 Å². The average Bonchev–Trinajstić information content (AvgIpc) is 3.18. The lowest BCUT2D eigenvalue weighted by Gasteiger charge is -2.29. The van der Waals surface area contributed by atoms with E-state index in [9.17, 15) is 4.79 Å². The summed E-state index contributed by atoms with van der Waals surface area (Å²) in [6.07, 6.45) is 4.59. The highest BCUT2D eigenvalue weighted by atomic mass is 16.5. The fourth-order valence-electron chi connectivity index (χ4n) is 2.74. The summed E-state index contributed by atoms with van der Waals surface area (Å²) in [6, 6.07) is 2.17. The standard InChI is InChI=1S/C14H21N3O2/c1-10-8-13(16-19-10)14(18)17(12-2-3-12)9-11-4-6-15-7-5-11/h8,11-12,15H,2-7,9H2,1H3. The highest BCUT2D eigenvalue weighted by Crippen LogP contribution is 2.30. The Morgan fingerprint density at radius 2 is 2.16 bits per heavy atom. The molecule has 2 fully saturated rings. The quantitative estimate of drug-likeness (QED) is 0.896. The molecule has 5 nitrogen and oxygen atoms in total. The van der Waals surface area contributed by atoms with Crippen molar-refractivity contribution in [3.8, 4) is 0 Å². The van der Waals surface area contributed by atoms with Crippen molar-refractivity contribution in [3.05, 3.63) is 17.5 Å². The molecule has 3 rings (SSSR count). The number of carbonyl (C=O) groups excluding carboxylic acids is 1. The van der Waals surface area contributed by atoms with E-state index in [4.69, 9.17) is 4.52 Å². The van der Waals surface area contributed by atoms with Crippen LogP contribution in [0.25, 0.3) is 0 Å². The van der Waals surface area contributed by atoms with Crippen LogP contribution in [-0.2, 0) is 0 Å². The van der Waals surface area contributed by atoms with Crippen LogP contribution in [0.5, 0.6) is 0 Å². The molecule has 1 amide bonds. The van der Waals surface area contributed by atoms with Crippen molar-refractivity contribution >= 4 is 5.91 Å². The van der Waals surface area contributed by atoms with Gasteiger partial charge in [-0.15, -0.1) is 0 Å². The lowest BCUT2D eigenvalue weighted by Crippen LogP contribution is -2.40. The SMILES string of the molecule is Cc1cc(C(=O)N(CC2CCNCC2)C2CC2)no1. The lowest BCUT2D eigenvalue weighted by atomic mass is 9.97. The van der Waals surface area contributed by atoms with Crippen LogP contribution in [0.2, 0.25) is 0 Å². The van der Waals surface area contributed by atoms with Gasteiger partial charge in [-0.1, -0.05) is 5.16 Å². The highest BCUT2D eigenvalue weighted by Gasteiger charge is 2.35. The first-order valence-electron chi connectivity index (χ1n) is 7.19. The van der Waals surface area contributed by atoms with Crippen LogP contribution in [0.4, 0.5) is 0 Å². The van der Waals surface area contributed by atoms with E-state index >= 15 is 0 Å². The minimum Gasteiger partial charge on any atom is -0.361 e. The third-order valence-corrected chi connectivity index (χ3v) is 4.01. The Labute approximate surface area is 113 Å². The molecule has 0 unspecified atom stereocenters. The first kappa shape index (κ1) is 12.7. The Morgan fingerprint density at radius 3 is 2.74 bits per heavy atom. The topological polar surface area (TPSA) is 58.4 Å². The van der Waals surface area contributed by atoms with Crippen LogP contribution in [0.3, 0.4) is 0 Å². The molecule has 0 spiro atoms. The zero-order valence-corrected chi connectivity index (χ0v) is 11.4. The third-order valence-electron chi connectivity index (χ3n) is 4.01. The summed E-state index contributed by atoms with van der Waals surface area (Å²) in [4.78, 5) is 14.5. The van der Waals surface area contributed by atoms with Crippen molar-refractivity contribution in [2.24, 2.45) is 5.92 Å². The number of rotatable bonds is 4. The molecular weight excluding hydrogens is 242 g/mol. The summed E-state index contributed by atoms with van der Waals surface area (Å²) in [5, 5.41) is 7.23. The van der Waals surface area contributed by atoms with E-state index in [1.165, 1.54) is 0 Å². The molecule has 1 aliphatic carbocycles. The van der Waals surface area contributed by atoms with E-state index < -0.39 is 0 Å². The van der Waals surface area contributed by atoms with Crippen molar-refractivity contribution in [1.82, 2.24) is 15.4 Å². The van der Waals surface area contributed by atoms with E-state index in [0.29, 0.717) is 23.4 Å². The Balaban J connectivity index is 1.68. The van der Waals surface area contributed by atoms with Gasteiger partial charge in [-0.05, 0) is 51.6 Å².